The van der Waals surface area contributed by atoms with E-state index < -0.39 is 0 Å². The number of hydrogen-bond acceptors (Lipinski definition) is 6. The summed E-state index contributed by atoms with van der Waals surface area (Å²) in [7, 11) is 0. The molecular formula is C19H14N4O2S. The van der Waals surface area contributed by atoms with Gasteiger partial charge in [-0.25, -0.2) is 4.98 Å². The fourth-order valence-electron chi connectivity index (χ4n) is 3.12. The van der Waals surface area contributed by atoms with Crippen molar-refractivity contribution < 1.29 is 8.83 Å². The van der Waals surface area contributed by atoms with Gasteiger partial charge in [0.15, 0.2) is 10.9 Å². The van der Waals surface area contributed by atoms with E-state index in [1.807, 2.05) is 55.6 Å². The molecule has 4 aromatic heterocycles. The van der Waals surface area contributed by atoms with Gasteiger partial charge < -0.3 is 8.83 Å². The van der Waals surface area contributed by atoms with Crippen molar-refractivity contribution >= 4 is 22.3 Å². The van der Waals surface area contributed by atoms with Crippen LogP contribution in [0.25, 0.3) is 39.2 Å². The molecule has 0 aliphatic carbocycles. The van der Waals surface area contributed by atoms with Crippen molar-refractivity contribution in [2.75, 3.05) is 0 Å². The van der Waals surface area contributed by atoms with Crippen LogP contribution in [0.1, 0.15) is 11.4 Å². The quantitative estimate of drug-likeness (QED) is 0.451. The Morgan fingerprint density at radius 1 is 1.00 bits per heavy atom. The number of furan rings is 1. The van der Waals surface area contributed by atoms with E-state index in [4.69, 9.17) is 8.83 Å². The van der Waals surface area contributed by atoms with Gasteiger partial charge in [0.1, 0.15) is 5.58 Å². The van der Waals surface area contributed by atoms with Crippen LogP contribution < -0.4 is 0 Å². The zero-order chi connectivity index (χ0) is 17.7. The minimum absolute atomic E-state index is 0.371. The van der Waals surface area contributed by atoms with Gasteiger partial charge in [0.05, 0.1) is 5.56 Å². The molecule has 5 rings (SSSR count). The minimum Gasteiger partial charge on any atom is -0.451 e. The third-order valence-corrected chi connectivity index (χ3v) is 5.09. The summed E-state index contributed by atoms with van der Waals surface area (Å²) in [6.45, 7) is 4.06. The van der Waals surface area contributed by atoms with Gasteiger partial charge in [0.25, 0.3) is 5.89 Å². The maximum absolute atomic E-state index is 5.91. The molecule has 128 valence electrons. The van der Waals surface area contributed by atoms with Gasteiger partial charge in [-0.15, -0.1) is 21.5 Å². The standard InChI is InChI=1S/C19H14N4O2S/c1-11-9-14(12(2)23(11)19-20-7-8-26-19)17-21-22-18(25-17)16-10-13-5-3-4-6-15(13)24-16/h3-10H,1-2H3. The number of aromatic nitrogens is 4. The second kappa shape index (κ2) is 5.67. The number of hydrogen-bond donors (Lipinski definition) is 0. The van der Waals surface area contributed by atoms with Crippen LogP contribution in [0.4, 0.5) is 0 Å². The van der Waals surface area contributed by atoms with Crippen LogP contribution >= 0.6 is 11.3 Å². The zero-order valence-electron chi connectivity index (χ0n) is 14.1. The lowest BCUT2D eigenvalue weighted by atomic mass is 10.2. The molecule has 0 bridgehead atoms. The van der Waals surface area contributed by atoms with Gasteiger partial charge in [0.2, 0.25) is 5.89 Å². The van der Waals surface area contributed by atoms with E-state index >= 15 is 0 Å². The Morgan fingerprint density at radius 3 is 2.65 bits per heavy atom. The van der Waals surface area contributed by atoms with Crippen LogP contribution in [0.3, 0.4) is 0 Å². The molecule has 7 heteroatoms. The lowest BCUT2D eigenvalue weighted by molar-refractivity contribution is 0.541. The topological polar surface area (TPSA) is 69.9 Å². The van der Waals surface area contributed by atoms with Crippen LogP contribution in [0, 0.1) is 13.8 Å². The largest absolute Gasteiger partial charge is 0.451 e. The molecule has 6 nitrogen and oxygen atoms in total. The summed E-state index contributed by atoms with van der Waals surface area (Å²) in [5.41, 5.74) is 3.77. The average molecular weight is 362 g/mol. The monoisotopic (exact) mass is 362 g/mol. The lowest BCUT2D eigenvalue weighted by Crippen LogP contribution is -1.97. The Morgan fingerprint density at radius 2 is 1.85 bits per heavy atom. The number of nitrogens with zero attached hydrogens (tertiary/aromatic N) is 4. The molecule has 0 spiro atoms. The predicted molar refractivity (Wildman–Crippen MR) is 99.4 cm³/mol. The molecule has 4 heterocycles. The van der Waals surface area contributed by atoms with Crippen LogP contribution in [-0.2, 0) is 0 Å². The summed E-state index contributed by atoms with van der Waals surface area (Å²) in [6, 6.07) is 11.7. The van der Waals surface area contributed by atoms with E-state index in [9.17, 15) is 0 Å². The fourth-order valence-corrected chi connectivity index (χ4v) is 3.87. The Hall–Kier alpha value is -3.19. The zero-order valence-corrected chi connectivity index (χ0v) is 14.9. The van der Waals surface area contributed by atoms with Gasteiger partial charge in [-0.05, 0) is 32.0 Å². The summed E-state index contributed by atoms with van der Waals surface area (Å²) in [5, 5.41) is 12.3. The molecule has 26 heavy (non-hydrogen) atoms. The Bertz CT molecular complexity index is 1180. The van der Waals surface area contributed by atoms with Crippen LogP contribution in [0.5, 0.6) is 0 Å². The second-order valence-corrected chi connectivity index (χ2v) is 6.87. The molecule has 0 fully saturated rings. The molecule has 0 saturated carbocycles. The van der Waals surface area contributed by atoms with Crippen molar-refractivity contribution in [3.05, 3.63) is 59.4 Å². The first-order valence-electron chi connectivity index (χ1n) is 8.12. The van der Waals surface area contributed by atoms with Crippen molar-refractivity contribution in [2.45, 2.75) is 13.8 Å². The van der Waals surface area contributed by atoms with Crippen molar-refractivity contribution in [2.24, 2.45) is 0 Å². The summed E-state index contributed by atoms with van der Waals surface area (Å²) in [5.74, 6) is 1.41. The molecule has 1 aromatic carbocycles. The van der Waals surface area contributed by atoms with Gasteiger partial charge in [0, 0.05) is 28.4 Å². The second-order valence-electron chi connectivity index (χ2n) is 6.00. The van der Waals surface area contributed by atoms with Crippen molar-refractivity contribution in [3.8, 4) is 28.2 Å². The third-order valence-electron chi connectivity index (χ3n) is 4.33. The molecule has 0 saturated heterocycles. The Kier molecular flexibility index (Phi) is 3.29. The molecule has 0 radical (unpaired) electrons. The number of thiazole rings is 1. The highest BCUT2D eigenvalue weighted by Gasteiger charge is 2.20. The van der Waals surface area contributed by atoms with Crippen molar-refractivity contribution in [3.63, 3.8) is 0 Å². The van der Waals surface area contributed by atoms with Gasteiger partial charge in [-0.3, -0.25) is 4.57 Å². The average Bonchev–Trinajstić information content (AvgIpc) is 3.40. The van der Waals surface area contributed by atoms with E-state index in [1.54, 1.807) is 17.5 Å². The maximum atomic E-state index is 5.91. The van der Waals surface area contributed by atoms with Crippen LogP contribution in [-0.4, -0.2) is 19.7 Å². The van der Waals surface area contributed by atoms with Crippen LogP contribution in [0.15, 0.2) is 56.8 Å². The van der Waals surface area contributed by atoms with Gasteiger partial charge in [-0.1, -0.05) is 18.2 Å². The molecule has 0 N–H and O–H groups in total. The summed E-state index contributed by atoms with van der Waals surface area (Å²) >= 11 is 1.59. The van der Waals surface area contributed by atoms with Crippen LogP contribution in [0.2, 0.25) is 0 Å². The summed E-state index contributed by atoms with van der Waals surface area (Å²) in [4.78, 5) is 4.39. The maximum Gasteiger partial charge on any atom is 0.283 e. The Labute approximate surface area is 152 Å². The lowest BCUT2D eigenvalue weighted by Gasteiger charge is -2.04. The van der Waals surface area contributed by atoms with Gasteiger partial charge in [-0.2, -0.15) is 0 Å². The molecule has 0 amide bonds. The summed E-state index contributed by atoms with van der Waals surface area (Å²) in [6.07, 6.45) is 1.80. The Balaban J connectivity index is 1.57. The number of aryl methyl sites for hydroxylation is 1. The van der Waals surface area contributed by atoms with E-state index in [0.29, 0.717) is 17.5 Å². The smallest absolute Gasteiger partial charge is 0.283 e. The minimum atomic E-state index is 0.371. The summed E-state index contributed by atoms with van der Waals surface area (Å²) < 4.78 is 13.8. The molecule has 0 aliphatic heterocycles. The number of fused-ring (bicyclic) bond motifs is 1. The molecule has 5 aromatic rings. The molecular weight excluding hydrogens is 348 g/mol. The van der Waals surface area contributed by atoms with Crippen molar-refractivity contribution in [1.82, 2.24) is 19.7 Å². The number of benzene rings is 1. The normalized spacial score (nSPS) is 11.5. The third kappa shape index (κ3) is 2.28. The molecule has 0 unspecified atom stereocenters. The predicted octanol–water partition coefficient (Wildman–Crippen LogP) is 5.01. The molecule has 0 atom stereocenters. The fraction of sp³-hybridized carbons (Fsp3) is 0.105. The number of rotatable bonds is 3. The number of para-hydroxylation sites is 1. The van der Waals surface area contributed by atoms with E-state index in [0.717, 1.165) is 33.1 Å². The first-order chi connectivity index (χ1) is 12.7. The van der Waals surface area contributed by atoms with E-state index in [1.165, 1.54) is 0 Å². The SMILES string of the molecule is Cc1cc(-c2nnc(-c3cc4ccccc4o3)o2)c(C)n1-c1nccs1. The highest BCUT2D eigenvalue weighted by molar-refractivity contribution is 7.12. The van der Waals surface area contributed by atoms with Crippen molar-refractivity contribution in [1.29, 1.82) is 0 Å². The first-order valence-corrected chi connectivity index (χ1v) is 9.00. The van der Waals surface area contributed by atoms with E-state index in [-0.39, 0.29) is 0 Å². The molecule has 0 aliphatic rings. The van der Waals surface area contributed by atoms with Gasteiger partial charge >= 0.3 is 0 Å². The first kappa shape index (κ1) is 15.1. The highest BCUT2D eigenvalue weighted by Crippen LogP contribution is 2.32. The highest BCUT2D eigenvalue weighted by atomic mass is 32.1. The van der Waals surface area contributed by atoms with E-state index in [2.05, 4.69) is 19.7 Å².